The van der Waals surface area contributed by atoms with Crippen LogP contribution in [-0.4, -0.2) is 19.1 Å². The zero-order chi connectivity index (χ0) is 19.7. The van der Waals surface area contributed by atoms with Crippen LogP contribution >= 0.6 is 0 Å². The molecule has 0 unspecified atom stereocenters. The van der Waals surface area contributed by atoms with Gasteiger partial charge >= 0.3 is 12.1 Å². The molecule has 7 nitrogen and oxygen atoms in total. The van der Waals surface area contributed by atoms with Crippen LogP contribution in [0.2, 0.25) is 0 Å². The van der Waals surface area contributed by atoms with Crippen molar-refractivity contribution < 1.29 is 27.5 Å². The lowest BCUT2D eigenvalue weighted by molar-refractivity contribution is -0.142. The topological polar surface area (TPSA) is 85.0 Å². The van der Waals surface area contributed by atoms with Crippen LogP contribution in [0.15, 0.2) is 69.2 Å². The van der Waals surface area contributed by atoms with Gasteiger partial charge in [-0.1, -0.05) is 18.2 Å². The second kappa shape index (κ2) is 9.41. The number of carbonyl (C=O) groups is 1. The van der Waals surface area contributed by atoms with Crippen LogP contribution in [0.3, 0.4) is 0 Å². The number of hydrogen-bond donors (Lipinski definition) is 0. The van der Waals surface area contributed by atoms with Crippen molar-refractivity contribution in [3.8, 4) is 5.75 Å². The average Bonchev–Trinajstić information content (AvgIpc) is 2.63. The van der Waals surface area contributed by atoms with Crippen molar-refractivity contribution >= 4 is 17.3 Å². The lowest BCUT2D eigenvalue weighted by Crippen LogP contribution is -2.10. The van der Waals surface area contributed by atoms with Crippen molar-refractivity contribution in [3.05, 3.63) is 54.1 Å². The van der Waals surface area contributed by atoms with Gasteiger partial charge in [0.25, 0.3) is 0 Å². The summed E-state index contributed by atoms with van der Waals surface area (Å²) in [4.78, 5) is 14.7. The fourth-order valence-corrected chi connectivity index (χ4v) is 1.86. The van der Waals surface area contributed by atoms with Gasteiger partial charge in [-0.3, -0.25) is 0 Å². The van der Waals surface area contributed by atoms with E-state index in [1.165, 1.54) is 6.07 Å². The summed E-state index contributed by atoms with van der Waals surface area (Å²) in [5.74, 6) is -1.02. The molecule has 0 spiro atoms. The molecule has 10 heteroatoms. The van der Waals surface area contributed by atoms with Crippen LogP contribution in [0, 0.1) is 0 Å². The van der Waals surface area contributed by atoms with Crippen LogP contribution in [-0.2, 0) is 15.8 Å². The summed E-state index contributed by atoms with van der Waals surface area (Å²) in [5.41, 5.74) is -0.429. The zero-order valence-corrected chi connectivity index (χ0v) is 14.2. The first-order valence-corrected chi connectivity index (χ1v) is 7.71. The molecule has 0 bridgehead atoms. The Labute approximate surface area is 152 Å². The lowest BCUT2D eigenvalue weighted by atomic mass is 10.1. The minimum atomic E-state index is -4.63. The third-order valence-electron chi connectivity index (χ3n) is 2.98. The fraction of sp³-hybridized carbons (Fsp3) is 0.235. The molecule has 0 radical (unpaired) electrons. The normalized spacial score (nSPS) is 11.9. The maximum absolute atomic E-state index is 13.3. The number of hydrogen-bond acceptors (Lipinski definition) is 7. The van der Waals surface area contributed by atoms with E-state index in [1.54, 1.807) is 30.3 Å². The first-order chi connectivity index (χ1) is 12.9. The van der Waals surface area contributed by atoms with Crippen molar-refractivity contribution in [2.75, 3.05) is 13.2 Å². The van der Waals surface area contributed by atoms with Crippen molar-refractivity contribution in [1.29, 1.82) is 0 Å². The average molecular weight is 380 g/mol. The monoisotopic (exact) mass is 380 g/mol. The highest BCUT2D eigenvalue weighted by atomic mass is 19.4. The summed E-state index contributed by atoms with van der Waals surface area (Å²) in [5, 5.41) is 14.2. The van der Waals surface area contributed by atoms with E-state index >= 15 is 0 Å². The summed E-state index contributed by atoms with van der Waals surface area (Å²) >= 11 is 0. The Balaban J connectivity index is 2.08. The summed E-state index contributed by atoms with van der Waals surface area (Å²) in [6, 6.07) is 12.0. The highest BCUT2D eigenvalue weighted by molar-refractivity contribution is 5.65. The lowest BCUT2D eigenvalue weighted by Gasteiger charge is -2.13. The van der Waals surface area contributed by atoms with E-state index in [1.807, 2.05) is 0 Å². The third-order valence-corrected chi connectivity index (χ3v) is 2.98. The Morgan fingerprint density at radius 3 is 2.41 bits per heavy atom. The SMILES string of the molecule is CC(=O)ON=NCCOc1ccc(N=Nc2ccccc2)cc1C(F)(F)F. The highest BCUT2D eigenvalue weighted by Crippen LogP contribution is 2.38. The Hall–Kier alpha value is -3.30. The molecular formula is C17H15F3N4O3. The number of rotatable bonds is 7. The Kier molecular flexibility index (Phi) is 6.98. The highest BCUT2D eigenvalue weighted by Gasteiger charge is 2.34. The molecule has 0 saturated heterocycles. The molecule has 27 heavy (non-hydrogen) atoms. The van der Waals surface area contributed by atoms with Gasteiger partial charge in [-0.25, -0.2) is 4.79 Å². The van der Waals surface area contributed by atoms with E-state index in [0.717, 1.165) is 19.1 Å². The molecule has 2 aromatic rings. The van der Waals surface area contributed by atoms with Gasteiger partial charge in [0.05, 0.1) is 23.5 Å². The summed E-state index contributed by atoms with van der Waals surface area (Å²) < 4.78 is 44.9. The van der Waals surface area contributed by atoms with Crippen molar-refractivity contribution in [2.45, 2.75) is 13.1 Å². The number of halogens is 3. The van der Waals surface area contributed by atoms with E-state index in [4.69, 9.17) is 4.74 Å². The number of benzene rings is 2. The predicted molar refractivity (Wildman–Crippen MR) is 89.0 cm³/mol. The summed E-state index contributed by atoms with van der Waals surface area (Å²) in [7, 11) is 0. The van der Waals surface area contributed by atoms with Crippen LogP contribution in [0.25, 0.3) is 0 Å². The minimum Gasteiger partial charge on any atom is -0.491 e. The van der Waals surface area contributed by atoms with Crippen LogP contribution in [0.5, 0.6) is 5.75 Å². The second-order valence-electron chi connectivity index (χ2n) is 5.09. The van der Waals surface area contributed by atoms with Crippen LogP contribution < -0.4 is 4.74 Å². The molecule has 142 valence electrons. The van der Waals surface area contributed by atoms with Crippen LogP contribution in [0.1, 0.15) is 12.5 Å². The van der Waals surface area contributed by atoms with Gasteiger partial charge in [0.2, 0.25) is 0 Å². The first kappa shape index (κ1) is 20.0. The third kappa shape index (κ3) is 6.84. The largest absolute Gasteiger partial charge is 0.491 e. The van der Waals surface area contributed by atoms with E-state index < -0.39 is 17.7 Å². The predicted octanol–water partition coefficient (Wildman–Crippen LogP) is 5.43. The summed E-state index contributed by atoms with van der Waals surface area (Å²) in [6.07, 6.45) is -4.63. The number of ether oxygens (including phenoxy) is 1. The quantitative estimate of drug-likeness (QED) is 0.365. The van der Waals surface area contributed by atoms with Crippen molar-refractivity contribution in [3.63, 3.8) is 0 Å². The molecule has 0 heterocycles. The molecule has 0 aliphatic rings. The van der Waals surface area contributed by atoms with Crippen molar-refractivity contribution in [2.24, 2.45) is 20.6 Å². The van der Waals surface area contributed by atoms with Crippen LogP contribution in [0.4, 0.5) is 24.5 Å². The van der Waals surface area contributed by atoms with Gasteiger partial charge in [0.15, 0.2) is 0 Å². The molecule has 2 rings (SSSR count). The molecule has 2 aromatic carbocycles. The van der Waals surface area contributed by atoms with Crippen molar-refractivity contribution in [1.82, 2.24) is 0 Å². The molecule has 0 aromatic heterocycles. The van der Waals surface area contributed by atoms with E-state index in [2.05, 4.69) is 25.5 Å². The number of carbonyl (C=O) groups excluding carboxylic acids is 1. The molecule has 0 fully saturated rings. The number of azo groups is 1. The standard InChI is InChI=1S/C17H15F3N4O3/c1-12(25)27-24-21-9-10-26-16-8-7-14(11-15(16)17(18,19)20)23-22-13-5-3-2-4-6-13/h2-8,11H,9-10H2,1H3. The van der Waals surface area contributed by atoms with E-state index in [0.29, 0.717) is 5.69 Å². The van der Waals surface area contributed by atoms with E-state index in [-0.39, 0.29) is 24.6 Å². The Morgan fingerprint density at radius 2 is 1.74 bits per heavy atom. The van der Waals surface area contributed by atoms with Gasteiger partial charge in [0.1, 0.15) is 12.4 Å². The molecular weight excluding hydrogens is 365 g/mol. The Morgan fingerprint density at radius 1 is 1.04 bits per heavy atom. The molecule has 0 aliphatic carbocycles. The van der Waals surface area contributed by atoms with Gasteiger partial charge < -0.3 is 9.57 Å². The molecule has 0 aliphatic heterocycles. The smallest absolute Gasteiger partial charge is 0.420 e. The zero-order valence-electron chi connectivity index (χ0n) is 14.2. The molecule has 0 saturated carbocycles. The van der Waals surface area contributed by atoms with E-state index in [9.17, 15) is 18.0 Å². The fourth-order valence-electron chi connectivity index (χ4n) is 1.86. The van der Waals surface area contributed by atoms with Gasteiger partial charge in [0, 0.05) is 12.2 Å². The molecule has 0 amide bonds. The first-order valence-electron chi connectivity index (χ1n) is 7.71. The molecule has 0 atom stereocenters. The molecule has 0 N–H and O–H groups in total. The maximum Gasteiger partial charge on any atom is 0.420 e. The Bertz CT molecular complexity index is 824. The van der Waals surface area contributed by atoms with Gasteiger partial charge in [-0.05, 0) is 30.3 Å². The number of alkyl halides is 3. The number of nitrogens with zero attached hydrogens (tertiary/aromatic N) is 4. The second-order valence-corrected chi connectivity index (χ2v) is 5.09. The maximum atomic E-state index is 13.3. The van der Waals surface area contributed by atoms with Gasteiger partial charge in [-0.2, -0.15) is 23.4 Å². The summed E-state index contributed by atoms with van der Waals surface area (Å²) in [6.45, 7) is 0.876. The van der Waals surface area contributed by atoms with Gasteiger partial charge in [-0.15, -0.1) is 5.11 Å². The minimum absolute atomic E-state index is 0.0353.